The molecule has 0 spiro atoms. The summed E-state index contributed by atoms with van der Waals surface area (Å²) in [5, 5.41) is 0. The van der Waals surface area contributed by atoms with E-state index in [-0.39, 0.29) is 18.2 Å². The molecule has 0 saturated heterocycles. The normalized spacial score (nSPS) is 9.56. The number of ketones is 1. The van der Waals surface area contributed by atoms with Crippen molar-refractivity contribution in [3.63, 3.8) is 0 Å². The Morgan fingerprint density at radius 2 is 1.88 bits per heavy atom. The lowest BCUT2D eigenvalue weighted by atomic mass is 10.0. The van der Waals surface area contributed by atoms with Gasteiger partial charge in [-0.1, -0.05) is 30.3 Å². The van der Waals surface area contributed by atoms with Gasteiger partial charge in [-0.25, -0.2) is 0 Å². The summed E-state index contributed by atoms with van der Waals surface area (Å²) < 4.78 is 0. The number of anilines is 1. The average Bonchev–Trinajstić information content (AvgIpc) is 2.59. The SMILES string of the molecule is Cc1[nH]cc(N)c1C(=O)c1ccccc1.Cl. The molecule has 2 rings (SSSR count). The number of nitrogen functional groups attached to an aromatic ring is 1. The number of hydrogen-bond donors (Lipinski definition) is 2. The highest BCUT2D eigenvalue weighted by atomic mass is 35.5. The summed E-state index contributed by atoms with van der Waals surface area (Å²) in [4.78, 5) is 15.0. The van der Waals surface area contributed by atoms with Gasteiger partial charge in [0.15, 0.2) is 5.78 Å². The molecule has 0 atom stereocenters. The maximum Gasteiger partial charge on any atom is 0.196 e. The predicted octanol–water partition coefficient (Wildman–Crippen LogP) is 2.56. The summed E-state index contributed by atoms with van der Waals surface area (Å²) in [6.07, 6.45) is 1.64. The monoisotopic (exact) mass is 236 g/mol. The molecule has 4 heteroatoms. The van der Waals surface area contributed by atoms with Crippen molar-refractivity contribution in [2.45, 2.75) is 6.92 Å². The zero-order valence-corrected chi connectivity index (χ0v) is 9.67. The van der Waals surface area contributed by atoms with Gasteiger partial charge in [0.2, 0.25) is 0 Å². The molecule has 1 aromatic heterocycles. The van der Waals surface area contributed by atoms with Crippen molar-refractivity contribution in [2.24, 2.45) is 0 Å². The molecule has 0 fully saturated rings. The second-order valence-electron chi connectivity index (χ2n) is 3.44. The smallest absolute Gasteiger partial charge is 0.196 e. The molecule has 0 unspecified atom stereocenters. The van der Waals surface area contributed by atoms with Crippen molar-refractivity contribution in [1.82, 2.24) is 4.98 Å². The van der Waals surface area contributed by atoms with Crippen LogP contribution in [-0.4, -0.2) is 10.8 Å². The van der Waals surface area contributed by atoms with E-state index in [9.17, 15) is 4.79 Å². The molecule has 3 nitrogen and oxygen atoms in total. The van der Waals surface area contributed by atoms with Gasteiger partial charge in [0.1, 0.15) is 0 Å². The van der Waals surface area contributed by atoms with Gasteiger partial charge >= 0.3 is 0 Å². The average molecular weight is 237 g/mol. The summed E-state index contributed by atoms with van der Waals surface area (Å²) in [5.74, 6) is -0.0353. The molecule has 84 valence electrons. The van der Waals surface area contributed by atoms with Gasteiger partial charge in [0.05, 0.1) is 11.3 Å². The Kier molecular flexibility index (Phi) is 3.74. The van der Waals surface area contributed by atoms with Crippen LogP contribution >= 0.6 is 12.4 Å². The first-order valence-corrected chi connectivity index (χ1v) is 4.73. The molecule has 0 radical (unpaired) electrons. The Hall–Kier alpha value is -1.74. The quantitative estimate of drug-likeness (QED) is 0.788. The largest absolute Gasteiger partial charge is 0.397 e. The third-order valence-electron chi connectivity index (χ3n) is 2.37. The summed E-state index contributed by atoms with van der Waals surface area (Å²) >= 11 is 0. The Labute approximate surface area is 100 Å². The van der Waals surface area contributed by atoms with Crippen LogP contribution in [0, 0.1) is 6.92 Å². The topological polar surface area (TPSA) is 58.9 Å². The number of nitrogens with two attached hydrogens (primary N) is 1. The van der Waals surface area contributed by atoms with Crippen LogP contribution in [0.4, 0.5) is 5.69 Å². The number of H-pyrrole nitrogens is 1. The van der Waals surface area contributed by atoms with E-state index in [1.807, 2.05) is 25.1 Å². The van der Waals surface area contributed by atoms with Gasteiger partial charge < -0.3 is 10.7 Å². The van der Waals surface area contributed by atoms with E-state index < -0.39 is 0 Å². The van der Waals surface area contributed by atoms with Crippen LogP contribution in [-0.2, 0) is 0 Å². The summed E-state index contributed by atoms with van der Waals surface area (Å²) in [6, 6.07) is 9.13. The van der Waals surface area contributed by atoms with Crippen LogP contribution in [0.5, 0.6) is 0 Å². The number of carbonyl (C=O) groups excluding carboxylic acids is 1. The number of benzene rings is 1. The minimum absolute atomic E-state index is 0. The molecule has 1 aromatic carbocycles. The molecule has 0 aliphatic carbocycles. The minimum Gasteiger partial charge on any atom is -0.397 e. The van der Waals surface area contributed by atoms with Crippen LogP contribution in [0.25, 0.3) is 0 Å². The van der Waals surface area contributed by atoms with Crippen molar-refractivity contribution in [2.75, 3.05) is 5.73 Å². The van der Waals surface area contributed by atoms with Gasteiger partial charge in [0, 0.05) is 17.5 Å². The number of carbonyl (C=O) groups is 1. The third-order valence-corrected chi connectivity index (χ3v) is 2.37. The molecular formula is C12H13ClN2O. The molecule has 0 bridgehead atoms. The number of aromatic amines is 1. The Morgan fingerprint density at radius 1 is 1.25 bits per heavy atom. The lowest BCUT2D eigenvalue weighted by molar-refractivity contribution is 0.103. The zero-order chi connectivity index (χ0) is 10.8. The Bertz CT molecular complexity index is 471. The number of rotatable bonds is 2. The molecule has 1 heterocycles. The van der Waals surface area contributed by atoms with E-state index in [1.165, 1.54) is 0 Å². The lowest BCUT2D eigenvalue weighted by Gasteiger charge is -2.01. The van der Waals surface area contributed by atoms with Crippen LogP contribution in [0.15, 0.2) is 36.5 Å². The summed E-state index contributed by atoms with van der Waals surface area (Å²) in [5.41, 5.74) is 8.27. The van der Waals surface area contributed by atoms with Crippen LogP contribution < -0.4 is 5.73 Å². The molecule has 3 N–H and O–H groups in total. The fourth-order valence-corrected chi connectivity index (χ4v) is 1.58. The van der Waals surface area contributed by atoms with E-state index in [4.69, 9.17) is 5.73 Å². The molecule has 0 saturated carbocycles. The van der Waals surface area contributed by atoms with E-state index in [0.717, 1.165) is 5.69 Å². The zero-order valence-electron chi connectivity index (χ0n) is 8.86. The molecule has 0 aliphatic rings. The van der Waals surface area contributed by atoms with Gasteiger partial charge in [-0.05, 0) is 6.92 Å². The van der Waals surface area contributed by atoms with E-state index in [2.05, 4.69) is 4.98 Å². The van der Waals surface area contributed by atoms with Crippen molar-refractivity contribution in [1.29, 1.82) is 0 Å². The molecule has 2 aromatic rings. The Morgan fingerprint density at radius 3 is 2.38 bits per heavy atom. The predicted molar refractivity (Wildman–Crippen MR) is 67.1 cm³/mol. The number of hydrogen-bond acceptors (Lipinski definition) is 2. The lowest BCUT2D eigenvalue weighted by Crippen LogP contribution is -2.04. The molecular weight excluding hydrogens is 224 g/mol. The molecule has 16 heavy (non-hydrogen) atoms. The van der Waals surface area contributed by atoms with Gasteiger partial charge in [0.25, 0.3) is 0 Å². The maximum absolute atomic E-state index is 12.0. The van der Waals surface area contributed by atoms with Gasteiger partial charge in [-0.2, -0.15) is 0 Å². The second-order valence-corrected chi connectivity index (χ2v) is 3.44. The summed E-state index contributed by atoms with van der Waals surface area (Å²) in [6.45, 7) is 1.84. The highest BCUT2D eigenvalue weighted by Crippen LogP contribution is 2.19. The van der Waals surface area contributed by atoms with Crippen molar-refractivity contribution >= 4 is 23.9 Å². The van der Waals surface area contributed by atoms with E-state index in [1.54, 1.807) is 18.3 Å². The van der Waals surface area contributed by atoms with Crippen molar-refractivity contribution in [3.8, 4) is 0 Å². The fraction of sp³-hybridized carbons (Fsp3) is 0.0833. The first-order chi connectivity index (χ1) is 7.20. The first-order valence-electron chi connectivity index (χ1n) is 4.73. The van der Waals surface area contributed by atoms with E-state index in [0.29, 0.717) is 16.8 Å². The number of nitrogens with one attached hydrogen (secondary N) is 1. The number of aromatic nitrogens is 1. The third kappa shape index (κ3) is 2.09. The van der Waals surface area contributed by atoms with Gasteiger partial charge in [-0.15, -0.1) is 12.4 Å². The first kappa shape index (κ1) is 12.3. The van der Waals surface area contributed by atoms with Crippen LogP contribution in [0.1, 0.15) is 21.6 Å². The van der Waals surface area contributed by atoms with Gasteiger partial charge in [-0.3, -0.25) is 4.79 Å². The highest BCUT2D eigenvalue weighted by molar-refractivity contribution is 6.12. The van der Waals surface area contributed by atoms with E-state index >= 15 is 0 Å². The second kappa shape index (κ2) is 4.86. The van der Waals surface area contributed by atoms with Crippen LogP contribution in [0.3, 0.4) is 0 Å². The number of halogens is 1. The standard InChI is InChI=1S/C12H12N2O.ClH/c1-8-11(10(13)7-14-8)12(15)9-5-3-2-4-6-9;/h2-7,14H,13H2,1H3;1H. The molecule has 0 aliphatic heterocycles. The van der Waals surface area contributed by atoms with Crippen molar-refractivity contribution in [3.05, 3.63) is 53.3 Å². The Balaban J connectivity index is 0.00000128. The fourth-order valence-electron chi connectivity index (χ4n) is 1.58. The maximum atomic E-state index is 12.0. The van der Waals surface area contributed by atoms with Crippen molar-refractivity contribution < 1.29 is 4.79 Å². The number of aryl methyl sites for hydroxylation is 1. The molecule has 0 amide bonds. The summed E-state index contributed by atoms with van der Waals surface area (Å²) in [7, 11) is 0. The highest BCUT2D eigenvalue weighted by Gasteiger charge is 2.15. The van der Waals surface area contributed by atoms with Crippen LogP contribution in [0.2, 0.25) is 0 Å². The minimum atomic E-state index is -0.0353.